The Hall–Kier alpha value is -1.90. The second-order valence-electron chi connectivity index (χ2n) is 5.44. The van der Waals surface area contributed by atoms with E-state index in [2.05, 4.69) is 20.1 Å². The van der Waals surface area contributed by atoms with Crippen molar-refractivity contribution in [3.05, 3.63) is 29.4 Å². The molecule has 0 aliphatic carbocycles. The minimum Gasteiger partial charge on any atom is -0.353 e. The van der Waals surface area contributed by atoms with Crippen LogP contribution in [0.1, 0.15) is 17.7 Å². The second-order valence-corrected chi connectivity index (χ2v) is 6.45. The lowest BCUT2D eigenvalue weighted by molar-refractivity contribution is -0.134. The quantitative estimate of drug-likeness (QED) is 0.857. The Morgan fingerprint density at radius 1 is 1.39 bits per heavy atom. The van der Waals surface area contributed by atoms with Crippen molar-refractivity contribution in [2.75, 3.05) is 29.9 Å². The Bertz CT molecular complexity index is 645. The summed E-state index contributed by atoms with van der Waals surface area (Å²) >= 11 is 0.682. The smallest absolute Gasteiger partial charge is 0.353 e. The van der Waals surface area contributed by atoms with E-state index in [0.29, 0.717) is 23.0 Å². The number of anilines is 2. The fourth-order valence-corrected chi connectivity index (χ4v) is 3.47. The van der Waals surface area contributed by atoms with Crippen LogP contribution in [0.3, 0.4) is 0 Å². The highest BCUT2D eigenvalue weighted by molar-refractivity contribution is 7.15. The fraction of sp³-hybridized carbons (Fsp3) is 0.500. The average molecular weight is 343 g/mol. The van der Waals surface area contributed by atoms with Crippen molar-refractivity contribution in [3.8, 4) is 0 Å². The second kappa shape index (κ2) is 6.31. The van der Waals surface area contributed by atoms with Crippen molar-refractivity contribution in [1.29, 1.82) is 0 Å². The van der Waals surface area contributed by atoms with Crippen molar-refractivity contribution in [2.24, 2.45) is 0 Å². The zero-order valence-corrected chi connectivity index (χ0v) is 13.3. The van der Waals surface area contributed by atoms with E-state index in [-0.39, 0.29) is 6.04 Å². The summed E-state index contributed by atoms with van der Waals surface area (Å²) in [5.41, 5.74) is 0. The standard InChI is InChI=1S/C14H16F3N5S/c1-21(13-18-8-11(23-13)14(15,16)17)10-4-3-7-22(9-10)12-5-2-6-19-20-12/h2,5-6,8,10H,3-4,7,9H2,1H3. The van der Waals surface area contributed by atoms with Gasteiger partial charge in [0.2, 0.25) is 0 Å². The van der Waals surface area contributed by atoms with Gasteiger partial charge in [-0.25, -0.2) is 4.98 Å². The minimum atomic E-state index is -4.34. The number of hydrogen-bond acceptors (Lipinski definition) is 6. The molecular formula is C14H16F3N5S. The van der Waals surface area contributed by atoms with Crippen LogP contribution in [0.25, 0.3) is 0 Å². The predicted octanol–water partition coefficient (Wildman–Crippen LogP) is 3.06. The molecule has 1 atom stereocenters. The number of thiazole rings is 1. The van der Waals surface area contributed by atoms with E-state index < -0.39 is 11.1 Å². The van der Waals surface area contributed by atoms with Gasteiger partial charge in [0.25, 0.3) is 0 Å². The van der Waals surface area contributed by atoms with Crippen LogP contribution in [0, 0.1) is 0 Å². The Morgan fingerprint density at radius 2 is 2.22 bits per heavy atom. The highest BCUT2D eigenvalue weighted by atomic mass is 32.1. The summed E-state index contributed by atoms with van der Waals surface area (Å²) in [6, 6.07) is 3.81. The molecule has 0 aromatic carbocycles. The number of aromatic nitrogens is 3. The van der Waals surface area contributed by atoms with Gasteiger partial charge < -0.3 is 9.80 Å². The molecule has 1 saturated heterocycles. The lowest BCUT2D eigenvalue weighted by atomic mass is 10.0. The maximum atomic E-state index is 12.7. The van der Waals surface area contributed by atoms with E-state index in [1.54, 1.807) is 13.2 Å². The summed E-state index contributed by atoms with van der Waals surface area (Å²) in [5.74, 6) is 0.792. The van der Waals surface area contributed by atoms with Crippen LogP contribution < -0.4 is 9.80 Å². The number of halogens is 3. The molecule has 1 fully saturated rings. The van der Waals surface area contributed by atoms with E-state index in [9.17, 15) is 13.2 Å². The summed E-state index contributed by atoms with van der Waals surface area (Å²) in [6.07, 6.45) is 0.0390. The first-order valence-electron chi connectivity index (χ1n) is 7.23. The normalized spacial score (nSPS) is 19.0. The Kier molecular flexibility index (Phi) is 4.38. The van der Waals surface area contributed by atoms with Crippen LogP contribution in [0.2, 0.25) is 0 Å². The number of likely N-dealkylation sites (N-methyl/N-ethyl adjacent to an activating group) is 1. The molecule has 3 rings (SSSR count). The van der Waals surface area contributed by atoms with Gasteiger partial charge in [-0.3, -0.25) is 0 Å². The first-order chi connectivity index (χ1) is 10.9. The molecule has 2 aromatic heterocycles. The van der Waals surface area contributed by atoms with Crippen molar-refractivity contribution in [2.45, 2.75) is 25.1 Å². The highest BCUT2D eigenvalue weighted by Crippen LogP contribution is 2.37. The van der Waals surface area contributed by atoms with Gasteiger partial charge in [0.1, 0.15) is 4.88 Å². The summed E-state index contributed by atoms with van der Waals surface area (Å²) < 4.78 is 38.2. The number of nitrogens with zero attached hydrogens (tertiary/aromatic N) is 5. The van der Waals surface area contributed by atoms with Crippen molar-refractivity contribution in [3.63, 3.8) is 0 Å². The molecule has 0 spiro atoms. The van der Waals surface area contributed by atoms with Crippen LogP contribution in [0.4, 0.5) is 24.1 Å². The molecule has 1 unspecified atom stereocenters. The SMILES string of the molecule is CN(c1ncc(C(F)(F)F)s1)C1CCCN(c2cccnn2)C1. The molecule has 0 radical (unpaired) electrons. The fourth-order valence-electron chi connectivity index (χ4n) is 2.66. The van der Waals surface area contributed by atoms with Crippen molar-refractivity contribution < 1.29 is 13.2 Å². The summed E-state index contributed by atoms with van der Waals surface area (Å²) in [6.45, 7) is 1.56. The zero-order chi connectivity index (χ0) is 16.4. The lowest BCUT2D eigenvalue weighted by Crippen LogP contribution is -2.47. The zero-order valence-electron chi connectivity index (χ0n) is 12.5. The molecule has 1 aliphatic rings. The summed E-state index contributed by atoms with van der Waals surface area (Å²) in [4.78, 5) is 7.21. The Labute approximate surface area is 135 Å². The molecule has 3 heterocycles. The maximum Gasteiger partial charge on any atom is 0.427 e. The molecular weight excluding hydrogens is 327 g/mol. The van der Waals surface area contributed by atoms with Gasteiger partial charge in [0, 0.05) is 32.4 Å². The molecule has 0 N–H and O–H groups in total. The third kappa shape index (κ3) is 3.54. The van der Waals surface area contributed by atoms with Gasteiger partial charge in [-0.1, -0.05) is 11.3 Å². The number of alkyl halides is 3. The van der Waals surface area contributed by atoms with Gasteiger partial charge in [0.15, 0.2) is 10.9 Å². The first-order valence-corrected chi connectivity index (χ1v) is 8.05. The van der Waals surface area contributed by atoms with E-state index in [4.69, 9.17) is 0 Å². The first kappa shape index (κ1) is 16.0. The number of rotatable bonds is 3. The van der Waals surface area contributed by atoms with E-state index in [1.807, 2.05) is 17.0 Å². The molecule has 5 nitrogen and oxygen atoms in total. The molecule has 124 valence electrons. The van der Waals surface area contributed by atoms with Gasteiger partial charge in [0.05, 0.1) is 6.20 Å². The average Bonchev–Trinajstić information content (AvgIpc) is 3.05. The Morgan fingerprint density at radius 3 is 2.87 bits per heavy atom. The highest BCUT2D eigenvalue weighted by Gasteiger charge is 2.34. The van der Waals surface area contributed by atoms with Crippen molar-refractivity contribution in [1.82, 2.24) is 15.2 Å². The summed E-state index contributed by atoms with van der Waals surface area (Å²) in [5, 5.41) is 8.37. The largest absolute Gasteiger partial charge is 0.427 e. The number of hydrogen-bond donors (Lipinski definition) is 0. The van der Waals surface area contributed by atoms with Gasteiger partial charge >= 0.3 is 6.18 Å². The molecule has 0 saturated carbocycles. The summed E-state index contributed by atoms with van der Waals surface area (Å²) in [7, 11) is 1.80. The molecule has 0 bridgehead atoms. The molecule has 9 heteroatoms. The predicted molar refractivity (Wildman–Crippen MR) is 82.8 cm³/mol. The van der Waals surface area contributed by atoms with Gasteiger partial charge in [-0.2, -0.15) is 18.3 Å². The van der Waals surface area contributed by atoms with Crippen molar-refractivity contribution >= 4 is 22.3 Å². The third-order valence-corrected chi connectivity index (χ3v) is 5.03. The van der Waals surface area contributed by atoms with Crippen LogP contribution in [-0.2, 0) is 6.18 Å². The van der Waals surface area contributed by atoms with Crippen LogP contribution >= 0.6 is 11.3 Å². The number of piperidine rings is 1. The van der Waals surface area contributed by atoms with Crippen LogP contribution in [0.5, 0.6) is 0 Å². The van der Waals surface area contributed by atoms with E-state index in [0.717, 1.165) is 31.4 Å². The van der Waals surface area contributed by atoms with Crippen LogP contribution in [-0.4, -0.2) is 41.4 Å². The van der Waals surface area contributed by atoms with Crippen LogP contribution in [0.15, 0.2) is 24.5 Å². The third-order valence-electron chi connectivity index (χ3n) is 3.90. The maximum absolute atomic E-state index is 12.7. The molecule has 0 amide bonds. The van der Waals surface area contributed by atoms with E-state index >= 15 is 0 Å². The van der Waals surface area contributed by atoms with Gasteiger partial charge in [-0.05, 0) is 25.0 Å². The lowest BCUT2D eigenvalue weighted by Gasteiger charge is -2.37. The molecule has 23 heavy (non-hydrogen) atoms. The van der Waals surface area contributed by atoms with Gasteiger partial charge in [-0.15, -0.1) is 5.10 Å². The monoisotopic (exact) mass is 343 g/mol. The van der Waals surface area contributed by atoms with E-state index in [1.165, 1.54) is 0 Å². The molecule has 2 aromatic rings. The Balaban J connectivity index is 1.72. The minimum absolute atomic E-state index is 0.0954. The topological polar surface area (TPSA) is 45.2 Å². The molecule has 1 aliphatic heterocycles.